The SMILES string of the molecule is CCc1cccc(C)c1N1C(=O)CS/C1=N\C(=O)NNC(C)c1ccc(-c2ncn(-c3ccc(C(F)(F)F)cc3)n2)cc1. The Kier molecular flexibility index (Phi) is 8.64. The predicted molar refractivity (Wildman–Crippen MR) is 160 cm³/mol. The molecule has 1 fully saturated rings. The molecular formula is C30H28F3N7O2S. The van der Waals surface area contributed by atoms with Crippen molar-refractivity contribution in [3.8, 4) is 17.1 Å². The van der Waals surface area contributed by atoms with Crippen LogP contribution in [0.15, 0.2) is 78.0 Å². The molecule has 1 unspecified atom stereocenters. The second-order valence-corrected chi connectivity index (χ2v) is 10.8. The molecule has 222 valence electrons. The van der Waals surface area contributed by atoms with Gasteiger partial charge in [0.15, 0.2) is 11.0 Å². The topological polar surface area (TPSA) is 105 Å². The van der Waals surface area contributed by atoms with Gasteiger partial charge >= 0.3 is 12.2 Å². The summed E-state index contributed by atoms with van der Waals surface area (Å²) in [4.78, 5) is 35.4. The fourth-order valence-electron chi connectivity index (χ4n) is 4.60. The van der Waals surface area contributed by atoms with E-state index in [0.717, 1.165) is 40.9 Å². The average Bonchev–Trinajstić information content (AvgIpc) is 3.63. The van der Waals surface area contributed by atoms with Gasteiger partial charge < -0.3 is 0 Å². The average molecular weight is 608 g/mol. The van der Waals surface area contributed by atoms with E-state index < -0.39 is 17.8 Å². The number of amides is 3. The molecule has 5 rings (SSSR count). The molecule has 1 saturated heterocycles. The number of alkyl halides is 3. The number of aromatic nitrogens is 3. The van der Waals surface area contributed by atoms with E-state index in [-0.39, 0.29) is 17.7 Å². The zero-order valence-corrected chi connectivity index (χ0v) is 24.3. The van der Waals surface area contributed by atoms with Crippen LogP contribution in [0.4, 0.5) is 23.7 Å². The van der Waals surface area contributed by atoms with E-state index in [1.807, 2.05) is 63.2 Å². The zero-order chi connectivity index (χ0) is 30.7. The minimum Gasteiger partial charge on any atom is -0.273 e. The molecule has 9 nitrogen and oxygen atoms in total. The number of nitrogens with one attached hydrogen (secondary N) is 2. The molecule has 1 atom stereocenters. The van der Waals surface area contributed by atoms with Crippen molar-refractivity contribution in [2.24, 2.45) is 4.99 Å². The first-order valence-electron chi connectivity index (χ1n) is 13.4. The van der Waals surface area contributed by atoms with E-state index in [9.17, 15) is 22.8 Å². The number of aryl methyl sites for hydroxylation is 2. The van der Waals surface area contributed by atoms with Gasteiger partial charge in [-0.15, -0.1) is 5.10 Å². The van der Waals surface area contributed by atoms with E-state index in [0.29, 0.717) is 22.2 Å². The number of benzene rings is 3. The number of rotatable bonds is 7. The van der Waals surface area contributed by atoms with Crippen LogP contribution >= 0.6 is 11.8 Å². The Morgan fingerprint density at radius 2 is 1.81 bits per heavy atom. The van der Waals surface area contributed by atoms with Gasteiger partial charge in [-0.2, -0.15) is 18.2 Å². The van der Waals surface area contributed by atoms with Crippen molar-refractivity contribution in [2.45, 2.75) is 39.4 Å². The Morgan fingerprint density at radius 1 is 1.09 bits per heavy atom. The summed E-state index contributed by atoms with van der Waals surface area (Å²) >= 11 is 1.22. The normalized spacial score (nSPS) is 15.3. The number of nitrogens with zero attached hydrogens (tertiary/aromatic N) is 5. The Hall–Kier alpha value is -4.49. The van der Waals surface area contributed by atoms with Gasteiger partial charge in [-0.1, -0.05) is 61.2 Å². The molecular weight excluding hydrogens is 579 g/mol. The maximum atomic E-state index is 12.8. The van der Waals surface area contributed by atoms with Gasteiger partial charge in [0.2, 0.25) is 5.91 Å². The van der Waals surface area contributed by atoms with Gasteiger partial charge in [0.25, 0.3) is 0 Å². The maximum Gasteiger partial charge on any atom is 0.416 e. The van der Waals surface area contributed by atoms with Crippen molar-refractivity contribution >= 4 is 34.6 Å². The summed E-state index contributed by atoms with van der Waals surface area (Å²) < 4.78 is 40.0. The van der Waals surface area contributed by atoms with E-state index in [4.69, 9.17) is 0 Å². The number of aliphatic imine (C=N–C) groups is 1. The van der Waals surface area contributed by atoms with E-state index in [1.165, 1.54) is 39.8 Å². The number of amidine groups is 1. The Bertz CT molecular complexity index is 1670. The summed E-state index contributed by atoms with van der Waals surface area (Å²) in [6.45, 7) is 5.80. The number of para-hydroxylation sites is 1. The number of urea groups is 1. The number of hydrogen-bond donors (Lipinski definition) is 2. The molecule has 3 aromatic carbocycles. The predicted octanol–water partition coefficient (Wildman–Crippen LogP) is 6.24. The number of halogens is 3. The number of anilines is 1. The van der Waals surface area contributed by atoms with Crippen molar-refractivity contribution in [3.63, 3.8) is 0 Å². The van der Waals surface area contributed by atoms with Crippen molar-refractivity contribution in [1.29, 1.82) is 0 Å². The van der Waals surface area contributed by atoms with Crippen LogP contribution in [0.1, 0.15) is 42.1 Å². The molecule has 1 aliphatic rings. The van der Waals surface area contributed by atoms with Crippen LogP contribution in [0, 0.1) is 6.92 Å². The number of carbonyl (C=O) groups excluding carboxylic acids is 2. The van der Waals surface area contributed by atoms with Crippen LogP contribution in [0.2, 0.25) is 0 Å². The van der Waals surface area contributed by atoms with E-state index >= 15 is 0 Å². The molecule has 0 saturated carbocycles. The minimum absolute atomic E-state index is 0.124. The molecule has 1 aromatic heterocycles. The van der Waals surface area contributed by atoms with Crippen LogP contribution in [-0.2, 0) is 17.4 Å². The molecule has 0 bridgehead atoms. The molecule has 43 heavy (non-hydrogen) atoms. The lowest BCUT2D eigenvalue weighted by molar-refractivity contribution is -0.137. The summed E-state index contributed by atoms with van der Waals surface area (Å²) in [7, 11) is 0. The van der Waals surface area contributed by atoms with Crippen molar-refractivity contribution in [2.75, 3.05) is 10.7 Å². The summed E-state index contributed by atoms with van der Waals surface area (Å²) in [5, 5.41) is 4.71. The van der Waals surface area contributed by atoms with Gasteiger partial charge in [-0.05, 0) is 61.2 Å². The third-order valence-electron chi connectivity index (χ3n) is 6.90. The number of carbonyl (C=O) groups is 2. The standard InChI is InChI=1S/C30H28F3N7O2S/c1-4-20-7-5-6-18(2)26(20)40-25(41)16-43-29(40)35-28(42)37-36-19(3)21-8-10-22(11-9-21)27-34-17-39(38-27)24-14-12-23(13-15-24)30(31,32)33/h5-15,17,19,36H,4,16H2,1-3H3,(H,37,42)/b35-29-. The van der Waals surface area contributed by atoms with Crippen LogP contribution in [0.25, 0.3) is 17.1 Å². The summed E-state index contributed by atoms with van der Waals surface area (Å²) in [5.74, 6) is 0.488. The van der Waals surface area contributed by atoms with Crippen molar-refractivity contribution < 1.29 is 22.8 Å². The lowest BCUT2D eigenvalue weighted by atomic mass is 10.0. The molecule has 0 radical (unpaired) electrons. The van der Waals surface area contributed by atoms with Crippen LogP contribution < -0.4 is 15.8 Å². The maximum absolute atomic E-state index is 12.8. The number of hydrazine groups is 1. The minimum atomic E-state index is -4.41. The highest BCUT2D eigenvalue weighted by Gasteiger charge is 2.33. The summed E-state index contributed by atoms with van der Waals surface area (Å²) in [5.41, 5.74) is 9.52. The largest absolute Gasteiger partial charge is 0.416 e. The Labute approximate surface area is 250 Å². The van der Waals surface area contributed by atoms with Gasteiger partial charge in [-0.25, -0.2) is 19.9 Å². The highest BCUT2D eigenvalue weighted by molar-refractivity contribution is 8.15. The van der Waals surface area contributed by atoms with Crippen LogP contribution in [-0.4, -0.2) is 37.6 Å². The first kappa shape index (κ1) is 30.0. The highest BCUT2D eigenvalue weighted by Crippen LogP contribution is 2.33. The first-order valence-corrected chi connectivity index (χ1v) is 14.4. The quantitative estimate of drug-likeness (QED) is 0.241. The number of hydrogen-bond acceptors (Lipinski definition) is 6. The first-order chi connectivity index (χ1) is 20.5. The molecule has 0 spiro atoms. The van der Waals surface area contributed by atoms with E-state index in [1.54, 1.807) is 0 Å². The third kappa shape index (κ3) is 6.62. The van der Waals surface area contributed by atoms with Crippen LogP contribution in [0.5, 0.6) is 0 Å². The van der Waals surface area contributed by atoms with Gasteiger partial charge in [0, 0.05) is 11.6 Å². The lowest BCUT2D eigenvalue weighted by Crippen LogP contribution is -2.39. The fraction of sp³-hybridized carbons (Fsp3) is 0.233. The fourth-order valence-corrected chi connectivity index (χ4v) is 5.45. The molecule has 1 aliphatic heterocycles. The molecule has 2 N–H and O–H groups in total. The zero-order valence-electron chi connectivity index (χ0n) is 23.5. The Balaban J connectivity index is 1.21. The molecule has 13 heteroatoms. The molecule has 4 aromatic rings. The van der Waals surface area contributed by atoms with Crippen molar-refractivity contribution in [1.82, 2.24) is 25.6 Å². The molecule has 0 aliphatic carbocycles. The summed E-state index contributed by atoms with van der Waals surface area (Å²) in [6, 6.07) is 16.9. The smallest absolute Gasteiger partial charge is 0.273 e. The van der Waals surface area contributed by atoms with Crippen LogP contribution in [0.3, 0.4) is 0 Å². The van der Waals surface area contributed by atoms with Gasteiger partial charge in [0.05, 0.1) is 22.7 Å². The third-order valence-corrected chi connectivity index (χ3v) is 7.83. The van der Waals surface area contributed by atoms with Gasteiger partial charge in [-0.3, -0.25) is 15.1 Å². The van der Waals surface area contributed by atoms with Gasteiger partial charge in [0.1, 0.15) is 6.33 Å². The van der Waals surface area contributed by atoms with E-state index in [2.05, 4.69) is 25.9 Å². The highest BCUT2D eigenvalue weighted by atomic mass is 32.2. The number of thioether (sulfide) groups is 1. The van der Waals surface area contributed by atoms with Crippen molar-refractivity contribution in [3.05, 3.63) is 95.3 Å². The molecule has 2 heterocycles. The Morgan fingerprint density at radius 3 is 2.49 bits per heavy atom. The monoisotopic (exact) mass is 607 g/mol. The second kappa shape index (κ2) is 12.4. The lowest BCUT2D eigenvalue weighted by Gasteiger charge is -2.21. The summed E-state index contributed by atoms with van der Waals surface area (Å²) in [6.07, 6.45) is -2.24. The molecule has 3 amide bonds. The second-order valence-electron chi connectivity index (χ2n) is 9.82.